The minimum absolute atomic E-state index is 0.426. The standard InChI is InChI=1S/C14H12F6N2O3/c15-13(16,17)9-5-8(2-1-7(9)6-21)22-10(3-4-11(23)24)12(25)14(18,19)20/h1-2,5,10,12,22,25H,3-4H2,(H,23,24). The molecule has 0 saturated heterocycles. The van der Waals surface area contributed by atoms with Crippen molar-refractivity contribution in [2.45, 2.75) is 37.3 Å². The molecule has 3 N–H and O–H groups in total. The Kier molecular flexibility index (Phi) is 6.26. The third kappa shape index (κ3) is 5.82. The van der Waals surface area contributed by atoms with Crippen LogP contribution in [0.4, 0.5) is 32.0 Å². The summed E-state index contributed by atoms with van der Waals surface area (Å²) in [5.74, 6) is -1.43. The first kappa shape index (κ1) is 20.6. The van der Waals surface area contributed by atoms with Gasteiger partial charge in [-0.15, -0.1) is 0 Å². The predicted molar refractivity (Wildman–Crippen MR) is 72.5 cm³/mol. The van der Waals surface area contributed by atoms with Crippen LogP contribution in [-0.2, 0) is 11.0 Å². The monoisotopic (exact) mass is 370 g/mol. The molecule has 0 aliphatic heterocycles. The smallest absolute Gasteiger partial charge is 0.417 e. The number of aliphatic hydroxyl groups excluding tert-OH is 1. The molecule has 0 radical (unpaired) electrons. The van der Waals surface area contributed by atoms with Crippen LogP contribution in [0.25, 0.3) is 0 Å². The SMILES string of the molecule is N#Cc1ccc(NC(CCC(=O)O)C(O)C(F)(F)F)cc1C(F)(F)F. The highest BCUT2D eigenvalue weighted by Gasteiger charge is 2.43. The zero-order chi connectivity index (χ0) is 19.4. The highest BCUT2D eigenvalue weighted by Crippen LogP contribution is 2.34. The molecule has 1 aromatic carbocycles. The molecular formula is C14H12F6N2O3. The maximum absolute atomic E-state index is 12.9. The van der Waals surface area contributed by atoms with Crippen molar-refractivity contribution in [3.8, 4) is 6.07 Å². The van der Waals surface area contributed by atoms with Gasteiger partial charge in [-0.2, -0.15) is 31.6 Å². The average Bonchev–Trinajstić information content (AvgIpc) is 2.48. The van der Waals surface area contributed by atoms with Crippen LogP contribution in [0.5, 0.6) is 0 Å². The number of hydrogen-bond donors (Lipinski definition) is 3. The number of anilines is 1. The summed E-state index contributed by atoms with van der Waals surface area (Å²) >= 11 is 0. The van der Waals surface area contributed by atoms with Gasteiger partial charge in [0, 0.05) is 12.1 Å². The number of carboxylic acids is 1. The lowest BCUT2D eigenvalue weighted by molar-refractivity contribution is -0.208. The van der Waals surface area contributed by atoms with Crippen LogP contribution < -0.4 is 5.32 Å². The quantitative estimate of drug-likeness (QED) is 0.669. The minimum Gasteiger partial charge on any atom is -0.481 e. The van der Waals surface area contributed by atoms with E-state index >= 15 is 0 Å². The maximum Gasteiger partial charge on any atom is 0.417 e. The first-order chi connectivity index (χ1) is 11.4. The Bertz CT molecular complexity index is 666. The van der Waals surface area contributed by atoms with Crippen molar-refractivity contribution in [3.05, 3.63) is 29.3 Å². The van der Waals surface area contributed by atoms with Crippen molar-refractivity contribution in [2.24, 2.45) is 0 Å². The first-order valence-electron chi connectivity index (χ1n) is 6.70. The fourth-order valence-electron chi connectivity index (χ4n) is 2.00. The molecule has 0 amide bonds. The number of rotatable bonds is 6. The average molecular weight is 370 g/mol. The van der Waals surface area contributed by atoms with E-state index in [0.29, 0.717) is 6.07 Å². The molecule has 0 saturated carbocycles. The van der Waals surface area contributed by atoms with E-state index in [1.807, 2.05) is 0 Å². The largest absolute Gasteiger partial charge is 0.481 e. The molecule has 0 aromatic heterocycles. The van der Waals surface area contributed by atoms with Crippen molar-refractivity contribution in [1.82, 2.24) is 0 Å². The molecule has 2 atom stereocenters. The molecule has 138 valence electrons. The normalized spacial score (nSPS) is 14.5. The summed E-state index contributed by atoms with van der Waals surface area (Å²) in [7, 11) is 0. The van der Waals surface area contributed by atoms with Gasteiger partial charge in [-0.3, -0.25) is 4.79 Å². The number of carbonyl (C=O) groups is 1. The topological polar surface area (TPSA) is 93.4 Å². The number of alkyl halides is 6. The van der Waals surface area contributed by atoms with Gasteiger partial charge >= 0.3 is 18.3 Å². The second kappa shape index (κ2) is 7.60. The van der Waals surface area contributed by atoms with Crippen molar-refractivity contribution < 1.29 is 41.4 Å². The van der Waals surface area contributed by atoms with E-state index in [1.54, 1.807) is 0 Å². The lowest BCUT2D eigenvalue weighted by Crippen LogP contribution is -2.44. The Balaban J connectivity index is 3.15. The molecule has 25 heavy (non-hydrogen) atoms. The van der Waals surface area contributed by atoms with Crippen molar-refractivity contribution in [1.29, 1.82) is 5.26 Å². The molecule has 1 rings (SSSR count). The molecule has 11 heteroatoms. The summed E-state index contributed by atoms with van der Waals surface area (Å²) in [5, 5.41) is 28.6. The number of nitriles is 1. The Hall–Kier alpha value is -2.48. The lowest BCUT2D eigenvalue weighted by atomic mass is 10.0. The van der Waals surface area contributed by atoms with Gasteiger partial charge in [-0.05, 0) is 24.6 Å². The summed E-state index contributed by atoms with van der Waals surface area (Å²) in [6, 6.07) is 1.56. The van der Waals surface area contributed by atoms with Crippen LogP contribution >= 0.6 is 0 Å². The lowest BCUT2D eigenvalue weighted by Gasteiger charge is -2.26. The van der Waals surface area contributed by atoms with Crippen LogP contribution in [0.1, 0.15) is 24.0 Å². The van der Waals surface area contributed by atoms with Crippen LogP contribution in [0, 0.1) is 11.3 Å². The van der Waals surface area contributed by atoms with Gasteiger partial charge in [0.25, 0.3) is 0 Å². The third-order valence-electron chi connectivity index (χ3n) is 3.18. The van der Waals surface area contributed by atoms with Gasteiger partial charge in [0.05, 0.1) is 23.2 Å². The molecule has 0 spiro atoms. The van der Waals surface area contributed by atoms with E-state index in [1.165, 1.54) is 6.07 Å². The van der Waals surface area contributed by atoms with Crippen molar-refractivity contribution in [2.75, 3.05) is 5.32 Å². The van der Waals surface area contributed by atoms with Gasteiger partial charge < -0.3 is 15.5 Å². The molecule has 2 unspecified atom stereocenters. The molecular weight excluding hydrogens is 358 g/mol. The molecule has 0 bridgehead atoms. The fourth-order valence-corrected chi connectivity index (χ4v) is 2.00. The third-order valence-corrected chi connectivity index (χ3v) is 3.18. The summed E-state index contributed by atoms with van der Waals surface area (Å²) < 4.78 is 76.6. The molecule has 0 fully saturated rings. The second-order valence-electron chi connectivity index (χ2n) is 5.04. The minimum atomic E-state index is -5.10. The number of aliphatic hydroxyl groups is 1. The molecule has 5 nitrogen and oxygen atoms in total. The van der Waals surface area contributed by atoms with E-state index in [0.717, 1.165) is 12.1 Å². The Morgan fingerprint density at radius 2 is 1.84 bits per heavy atom. The second-order valence-corrected chi connectivity index (χ2v) is 5.04. The van der Waals surface area contributed by atoms with Crippen LogP contribution in [0.2, 0.25) is 0 Å². The number of aliphatic carboxylic acids is 1. The Morgan fingerprint density at radius 3 is 2.28 bits per heavy atom. The van der Waals surface area contributed by atoms with Gasteiger partial charge in [0.1, 0.15) is 0 Å². The predicted octanol–water partition coefficient (Wildman–Crippen LogP) is 3.15. The van der Waals surface area contributed by atoms with Crippen molar-refractivity contribution >= 4 is 11.7 Å². The Labute approximate surface area is 137 Å². The van der Waals surface area contributed by atoms with Gasteiger partial charge in [0.2, 0.25) is 0 Å². The van der Waals surface area contributed by atoms with Crippen LogP contribution in [0.3, 0.4) is 0 Å². The molecule has 0 heterocycles. The highest BCUT2D eigenvalue weighted by atomic mass is 19.4. The molecule has 1 aromatic rings. The fraction of sp³-hybridized carbons (Fsp3) is 0.429. The van der Waals surface area contributed by atoms with E-state index < -0.39 is 60.1 Å². The van der Waals surface area contributed by atoms with Crippen molar-refractivity contribution in [3.63, 3.8) is 0 Å². The van der Waals surface area contributed by atoms with Gasteiger partial charge in [0.15, 0.2) is 6.10 Å². The zero-order valence-electron chi connectivity index (χ0n) is 12.3. The summed E-state index contributed by atoms with van der Waals surface area (Å²) in [5.41, 5.74) is -2.53. The number of benzene rings is 1. The number of halogens is 6. The Morgan fingerprint density at radius 1 is 1.24 bits per heavy atom. The number of nitrogens with one attached hydrogen (secondary N) is 1. The maximum atomic E-state index is 12.9. The molecule has 0 aliphatic rings. The number of hydrogen-bond acceptors (Lipinski definition) is 4. The summed E-state index contributed by atoms with van der Waals surface area (Å²) in [6.07, 6.45) is -14.4. The number of nitrogens with zero attached hydrogens (tertiary/aromatic N) is 1. The van der Waals surface area contributed by atoms with Gasteiger partial charge in [-0.25, -0.2) is 0 Å². The first-order valence-corrected chi connectivity index (χ1v) is 6.70. The summed E-state index contributed by atoms with van der Waals surface area (Å²) in [4.78, 5) is 10.5. The highest BCUT2D eigenvalue weighted by molar-refractivity contribution is 5.66. The van der Waals surface area contributed by atoms with E-state index in [2.05, 4.69) is 5.32 Å². The van der Waals surface area contributed by atoms with E-state index in [9.17, 15) is 36.2 Å². The number of carboxylic acid groups (broad SMARTS) is 1. The van der Waals surface area contributed by atoms with Crippen LogP contribution in [0.15, 0.2) is 18.2 Å². The zero-order valence-corrected chi connectivity index (χ0v) is 12.3. The van der Waals surface area contributed by atoms with Crippen LogP contribution in [-0.4, -0.2) is 34.5 Å². The van der Waals surface area contributed by atoms with E-state index in [4.69, 9.17) is 10.4 Å². The van der Waals surface area contributed by atoms with E-state index in [-0.39, 0.29) is 0 Å². The molecule has 0 aliphatic carbocycles. The summed E-state index contributed by atoms with van der Waals surface area (Å²) in [6.45, 7) is 0. The van der Waals surface area contributed by atoms with Gasteiger partial charge in [-0.1, -0.05) is 0 Å².